The van der Waals surface area contributed by atoms with E-state index in [0.717, 1.165) is 5.30 Å². The molecule has 28 heavy (non-hydrogen) atoms. The van der Waals surface area contributed by atoms with Gasteiger partial charge in [-0.2, -0.15) is 0 Å². The average molecular weight is 412 g/mol. The maximum absolute atomic E-state index is 14.2. The summed E-state index contributed by atoms with van der Waals surface area (Å²) in [6.45, 7) is 1.88. The molecule has 4 aliphatic rings. The smallest absolute Gasteiger partial charge is 0.238 e. The van der Waals surface area contributed by atoms with Crippen LogP contribution < -0.4 is 10.2 Å². The van der Waals surface area contributed by atoms with Gasteiger partial charge in [0.2, 0.25) is 11.8 Å². The standard InChI is InChI=1S/C22H19ClNO3P/c1-22-13-28(27,15-10-6-3-7-11-15)16(12-17(22)23)18-19(22)21(26)24(20(18)25)14-8-4-2-5-9-14/h2-12,16,18-19H,13H2,1H3/t16-,18+,19-,22+,28?/m0/s1. The maximum atomic E-state index is 14.2. The van der Waals surface area contributed by atoms with Crippen molar-refractivity contribution in [2.75, 3.05) is 11.1 Å². The van der Waals surface area contributed by atoms with E-state index in [2.05, 4.69) is 0 Å². The maximum Gasteiger partial charge on any atom is 0.238 e. The number of rotatable bonds is 2. The lowest BCUT2D eigenvalue weighted by molar-refractivity contribution is -0.123. The van der Waals surface area contributed by atoms with Gasteiger partial charge < -0.3 is 4.57 Å². The molecular weight excluding hydrogens is 393 g/mol. The van der Waals surface area contributed by atoms with Crippen molar-refractivity contribution >= 4 is 41.5 Å². The summed E-state index contributed by atoms with van der Waals surface area (Å²) < 4.78 is 14.2. The Bertz CT molecular complexity index is 1070. The Morgan fingerprint density at radius 1 is 1.00 bits per heavy atom. The van der Waals surface area contributed by atoms with E-state index in [9.17, 15) is 14.2 Å². The Hall–Kier alpha value is -2.16. The van der Waals surface area contributed by atoms with Gasteiger partial charge in [0, 0.05) is 27.6 Å². The molecule has 0 spiro atoms. The average Bonchev–Trinajstić information content (AvgIpc) is 2.97. The van der Waals surface area contributed by atoms with E-state index in [1.54, 1.807) is 30.3 Å². The van der Waals surface area contributed by atoms with E-state index in [0.29, 0.717) is 16.9 Å². The molecule has 2 fully saturated rings. The third-order valence-corrected chi connectivity index (χ3v) is 10.8. The number of halogens is 1. The van der Waals surface area contributed by atoms with E-state index in [4.69, 9.17) is 11.6 Å². The fraction of sp³-hybridized carbons (Fsp3) is 0.273. The summed E-state index contributed by atoms with van der Waals surface area (Å²) in [5.41, 5.74) is -0.789. The molecule has 5 atom stereocenters. The minimum Gasteiger partial charge on any atom is -0.318 e. The van der Waals surface area contributed by atoms with Crippen LogP contribution in [0.2, 0.25) is 0 Å². The van der Waals surface area contributed by atoms with Crippen molar-refractivity contribution in [1.29, 1.82) is 0 Å². The van der Waals surface area contributed by atoms with Crippen molar-refractivity contribution in [2.45, 2.75) is 12.6 Å². The third-order valence-electron chi connectivity index (χ3n) is 6.52. The van der Waals surface area contributed by atoms with Crippen molar-refractivity contribution in [3.63, 3.8) is 0 Å². The molecule has 142 valence electrons. The minimum atomic E-state index is -2.94. The molecule has 6 heteroatoms. The van der Waals surface area contributed by atoms with Crippen LogP contribution in [0.25, 0.3) is 0 Å². The number of hydrogen-bond acceptors (Lipinski definition) is 3. The van der Waals surface area contributed by atoms with Gasteiger partial charge in [-0.25, -0.2) is 4.90 Å². The van der Waals surface area contributed by atoms with Gasteiger partial charge in [0.15, 0.2) is 0 Å². The number of hydrogen-bond donors (Lipinski definition) is 0. The fourth-order valence-electron chi connectivity index (χ4n) is 5.22. The molecule has 2 amide bonds. The predicted molar refractivity (Wildman–Crippen MR) is 110 cm³/mol. The highest BCUT2D eigenvalue weighted by Gasteiger charge is 2.69. The van der Waals surface area contributed by atoms with Crippen LogP contribution in [-0.4, -0.2) is 23.6 Å². The number of allylic oxidation sites excluding steroid dienone is 2. The number of fused-ring (bicyclic) bond motifs is 1. The van der Waals surface area contributed by atoms with Crippen LogP contribution in [0.3, 0.4) is 0 Å². The quantitative estimate of drug-likeness (QED) is 0.554. The van der Waals surface area contributed by atoms with Crippen LogP contribution in [0.1, 0.15) is 6.92 Å². The zero-order chi connectivity index (χ0) is 19.7. The predicted octanol–water partition coefficient (Wildman–Crippen LogP) is 4.01. The van der Waals surface area contributed by atoms with Crippen LogP contribution in [0.5, 0.6) is 0 Å². The van der Waals surface area contributed by atoms with Crippen LogP contribution in [0.4, 0.5) is 5.69 Å². The second-order valence-electron chi connectivity index (χ2n) is 8.06. The van der Waals surface area contributed by atoms with Gasteiger partial charge in [-0.15, -0.1) is 0 Å². The summed E-state index contributed by atoms with van der Waals surface area (Å²) in [4.78, 5) is 28.1. The van der Waals surface area contributed by atoms with Crippen molar-refractivity contribution < 1.29 is 14.2 Å². The largest absolute Gasteiger partial charge is 0.318 e. The number of imide groups is 1. The Labute approximate surface area is 168 Å². The van der Waals surface area contributed by atoms with E-state index in [-0.39, 0.29) is 11.8 Å². The topological polar surface area (TPSA) is 54.5 Å². The Morgan fingerprint density at radius 3 is 2.25 bits per heavy atom. The molecule has 2 aromatic carbocycles. The van der Waals surface area contributed by atoms with E-state index >= 15 is 0 Å². The monoisotopic (exact) mass is 411 g/mol. The first kappa shape index (κ1) is 17.9. The van der Waals surface area contributed by atoms with Crippen LogP contribution in [0.15, 0.2) is 71.8 Å². The van der Waals surface area contributed by atoms with Crippen molar-refractivity contribution in [3.8, 4) is 0 Å². The minimum absolute atomic E-state index is 0.237. The number of para-hydroxylation sites is 1. The van der Waals surface area contributed by atoms with Gasteiger partial charge in [-0.1, -0.05) is 73.1 Å². The Morgan fingerprint density at radius 2 is 1.61 bits per heavy atom. The normalized spacial score (nSPS) is 36.4. The van der Waals surface area contributed by atoms with Gasteiger partial charge in [-0.3, -0.25) is 9.59 Å². The first-order valence-electron chi connectivity index (χ1n) is 9.33. The lowest BCUT2D eigenvalue weighted by Crippen LogP contribution is -2.53. The first-order valence-corrected chi connectivity index (χ1v) is 11.7. The van der Waals surface area contributed by atoms with Gasteiger partial charge in [0.1, 0.15) is 7.14 Å². The highest BCUT2D eigenvalue weighted by atomic mass is 35.5. The van der Waals surface area contributed by atoms with Gasteiger partial charge in [0.05, 0.1) is 17.5 Å². The molecule has 1 unspecified atom stereocenters. The molecule has 0 saturated carbocycles. The lowest BCUT2D eigenvalue weighted by atomic mass is 9.67. The summed E-state index contributed by atoms with van der Waals surface area (Å²) in [5, 5.41) is 1.31. The number of carbonyl (C=O) groups is 2. The fourth-order valence-corrected chi connectivity index (χ4v) is 9.69. The highest BCUT2D eigenvalue weighted by Crippen LogP contribution is 2.71. The zero-order valence-electron chi connectivity index (χ0n) is 15.3. The van der Waals surface area contributed by atoms with Crippen LogP contribution >= 0.6 is 18.7 Å². The molecule has 0 N–H and O–H groups in total. The molecule has 0 radical (unpaired) electrons. The molecule has 2 bridgehead atoms. The highest BCUT2D eigenvalue weighted by molar-refractivity contribution is 7.72. The zero-order valence-corrected chi connectivity index (χ0v) is 16.9. The molecule has 3 aliphatic heterocycles. The summed E-state index contributed by atoms with van der Waals surface area (Å²) in [6, 6.07) is 18.3. The van der Waals surface area contributed by atoms with E-state index in [1.807, 2.05) is 43.3 Å². The molecule has 2 aromatic rings. The molecule has 2 saturated heterocycles. The molecule has 1 aliphatic carbocycles. The lowest BCUT2D eigenvalue weighted by Gasteiger charge is -2.51. The van der Waals surface area contributed by atoms with Crippen LogP contribution in [0, 0.1) is 17.3 Å². The molecule has 4 nitrogen and oxygen atoms in total. The van der Waals surface area contributed by atoms with Crippen molar-refractivity contribution in [3.05, 3.63) is 71.8 Å². The number of amides is 2. The van der Waals surface area contributed by atoms with Crippen molar-refractivity contribution in [1.82, 2.24) is 0 Å². The van der Waals surface area contributed by atoms with Crippen LogP contribution in [-0.2, 0) is 14.2 Å². The third kappa shape index (κ3) is 2.16. The SMILES string of the molecule is C[C@@]12CP(=O)(c3ccccc3)[C@@H](C=C1Cl)[C@H]1C(=O)N(c3ccccc3)C(=O)[C@H]12. The van der Waals surface area contributed by atoms with Gasteiger partial charge in [0.25, 0.3) is 0 Å². The number of carbonyl (C=O) groups excluding carboxylic acids is 2. The summed E-state index contributed by atoms with van der Waals surface area (Å²) in [5.74, 6) is -1.72. The van der Waals surface area contributed by atoms with Gasteiger partial charge >= 0.3 is 0 Å². The Balaban J connectivity index is 1.68. The van der Waals surface area contributed by atoms with Crippen molar-refractivity contribution in [2.24, 2.45) is 17.3 Å². The summed E-state index contributed by atoms with van der Waals surface area (Å²) in [6.07, 6.45) is 2.10. The van der Waals surface area contributed by atoms with E-state index in [1.165, 1.54) is 4.90 Å². The number of anilines is 1. The number of nitrogens with zero attached hydrogens (tertiary/aromatic N) is 1. The van der Waals surface area contributed by atoms with E-state index < -0.39 is 30.1 Å². The van der Waals surface area contributed by atoms with Gasteiger partial charge in [-0.05, 0) is 12.1 Å². The second-order valence-corrected chi connectivity index (χ2v) is 11.5. The molecule has 6 rings (SSSR count). The second kappa shape index (κ2) is 5.92. The summed E-state index contributed by atoms with van der Waals surface area (Å²) in [7, 11) is -2.94. The number of benzene rings is 2. The Kier molecular flexibility index (Phi) is 3.78. The molecule has 3 heterocycles. The summed E-state index contributed by atoms with van der Waals surface area (Å²) >= 11 is 6.60. The first-order chi connectivity index (χ1) is 13.4. The molecule has 0 aromatic heterocycles. The molecular formula is C22H19ClNO3P.